The van der Waals surface area contributed by atoms with Gasteiger partial charge in [0.15, 0.2) is 0 Å². The van der Waals surface area contributed by atoms with Crippen molar-refractivity contribution in [3.05, 3.63) is 47.9 Å². The average Bonchev–Trinajstić information content (AvgIpc) is 3.39. The van der Waals surface area contributed by atoms with Gasteiger partial charge in [0.25, 0.3) is 0 Å². The Balaban J connectivity index is 1.50. The van der Waals surface area contributed by atoms with Crippen molar-refractivity contribution in [2.24, 2.45) is 5.92 Å². The number of fused-ring (bicyclic) bond motifs is 4. The van der Waals surface area contributed by atoms with Crippen molar-refractivity contribution in [1.82, 2.24) is 14.8 Å². The van der Waals surface area contributed by atoms with Gasteiger partial charge in [-0.15, -0.1) is 0 Å². The topological polar surface area (TPSA) is 52.5 Å². The van der Waals surface area contributed by atoms with E-state index >= 15 is 0 Å². The van der Waals surface area contributed by atoms with Crippen LogP contribution in [-0.4, -0.2) is 33.6 Å². The van der Waals surface area contributed by atoms with E-state index in [4.69, 9.17) is 14.6 Å². The predicted octanol–water partition coefficient (Wildman–Crippen LogP) is 4.73. The third-order valence-corrected chi connectivity index (χ3v) is 7.66. The molecule has 3 aliphatic rings. The van der Waals surface area contributed by atoms with Crippen LogP contribution in [0.25, 0.3) is 16.6 Å². The zero-order chi connectivity index (χ0) is 19.6. The fourth-order valence-corrected chi connectivity index (χ4v) is 5.90. The third kappa shape index (κ3) is 2.56. The van der Waals surface area contributed by atoms with Crippen molar-refractivity contribution < 1.29 is 9.47 Å². The second kappa shape index (κ2) is 6.05. The molecule has 5 nitrogen and oxygen atoms in total. The average molecular weight is 389 g/mol. The molecule has 4 heterocycles. The number of rotatable bonds is 2. The number of nitrogens with zero attached hydrogens (tertiary/aromatic N) is 3. The van der Waals surface area contributed by atoms with Crippen LogP contribution in [0.5, 0.6) is 5.75 Å². The lowest BCUT2D eigenvalue weighted by molar-refractivity contribution is 0.0950. The monoisotopic (exact) mass is 389 g/mol. The molecule has 5 heteroatoms. The molecule has 0 amide bonds. The van der Waals surface area contributed by atoms with Crippen molar-refractivity contribution >= 4 is 10.9 Å². The van der Waals surface area contributed by atoms with E-state index in [1.54, 1.807) is 0 Å². The molecule has 0 bridgehead atoms. The summed E-state index contributed by atoms with van der Waals surface area (Å²) in [5.41, 5.74) is 4.88. The fourth-order valence-electron chi connectivity index (χ4n) is 5.90. The first-order valence-corrected chi connectivity index (χ1v) is 10.8. The van der Waals surface area contributed by atoms with Crippen molar-refractivity contribution in [2.45, 2.75) is 57.0 Å². The highest BCUT2D eigenvalue weighted by molar-refractivity contribution is 5.83. The Kier molecular flexibility index (Phi) is 3.64. The second-order valence-corrected chi connectivity index (χ2v) is 9.14. The van der Waals surface area contributed by atoms with Gasteiger partial charge in [-0.3, -0.25) is 4.98 Å². The van der Waals surface area contributed by atoms with Gasteiger partial charge in [-0.05, 0) is 63.1 Å². The highest BCUT2D eigenvalue weighted by Gasteiger charge is 2.56. The number of aromatic nitrogens is 3. The number of pyridine rings is 1. The van der Waals surface area contributed by atoms with Gasteiger partial charge in [-0.1, -0.05) is 6.92 Å². The molecule has 1 aliphatic carbocycles. The van der Waals surface area contributed by atoms with Crippen molar-refractivity contribution in [1.29, 1.82) is 0 Å². The normalized spacial score (nSPS) is 30.5. The Labute approximate surface area is 171 Å². The number of hydrogen-bond donors (Lipinski definition) is 0. The first kappa shape index (κ1) is 17.5. The molecule has 3 atom stereocenters. The molecule has 0 radical (unpaired) electrons. The van der Waals surface area contributed by atoms with Crippen LogP contribution in [0.1, 0.15) is 50.3 Å². The molecule has 3 aromatic rings. The third-order valence-electron chi connectivity index (χ3n) is 7.66. The standard InChI is InChI=1S/C24H27N3O2/c1-3-24-7-6-23(15-29-23)13-18(24)5-9-28-22-12-21-17(11-20(22)24)14-26-27(21)19-4-8-25-16(2)10-19/h4,8,10-12,14,18H,3,5-7,9,13,15H2,1-2H3. The Morgan fingerprint density at radius 1 is 1.24 bits per heavy atom. The molecular weight excluding hydrogens is 362 g/mol. The van der Waals surface area contributed by atoms with Crippen LogP contribution in [0.4, 0.5) is 0 Å². The Morgan fingerprint density at radius 2 is 2.14 bits per heavy atom. The Morgan fingerprint density at radius 3 is 2.93 bits per heavy atom. The van der Waals surface area contributed by atoms with Crippen molar-refractivity contribution in [3.63, 3.8) is 0 Å². The van der Waals surface area contributed by atoms with E-state index in [1.807, 2.05) is 30.1 Å². The van der Waals surface area contributed by atoms with E-state index in [2.05, 4.69) is 30.1 Å². The van der Waals surface area contributed by atoms with Gasteiger partial charge in [0.2, 0.25) is 0 Å². The maximum Gasteiger partial charge on any atom is 0.125 e. The molecule has 0 N–H and O–H groups in total. The quantitative estimate of drug-likeness (QED) is 0.595. The highest BCUT2D eigenvalue weighted by atomic mass is 16.6. The summed E-state index contributed by atoms with van der Waals surface area (Å²) in [7, 11) is 0. The Bertz CT molecular complexity index is 1100. The molecule has 1 saturated carbocycles. The molecule has 2 fully saturated rings. The van der Waals surface area contributed by atoms with Gasteiger partial charge >= 0.3 is 0 Å². The number of ether oxygens (including phenoxy) is 2. The van der Waals surface area contributed by atoms with E-state index in [-0.39, 0.29) is 11.0 Å². The van der Waals surface area contributed by atoms with Crippen LogP contribution < -0.4 is 4.74 Å². The minimum Gasteiger partial charge on any atom is -0.493 e. The molecule has 2 aromatic heterocycles. The van der Waals surface area contributed by atoms with Crippen LogP contribution in [0.2, 0.25) is 0 Å². The highest BCUT2D eigenvalue weighted by Crippen LogP contribution is 2.58. The predicted molar refractivity (Wildman–Crippen MR) is 112 cm³/mol. The van der Waals surface area contributed by atoms with Crippen LogP contribution in [0, 0.1) is 12.8 Å². The molecular formula is C24H27N3O2. The number of benzene rings is 1. The zero-order valence-electron chi connectivity index (χ0n) is 17.1. The van der Waals surface area contributed by atoms with Gasteiger partial charge < -0.3 is 9.47 Å². The van der Waals surface area contributed by atoms with Gasteiger partial charge in [0, 0.05) is 34.3 Å². The van der Waals surface area contributed by atoms with Gasteiger partial charge in [0.05, 0.1) is 36.2 Å². The van der Waals surface area contributed by atoms with E-state index in [9.17, 15) is 0 Å². The molecule has 1 saturated heterocycles. The summed E-state index contributed by atoms with van der Waals surface area (Å²) in [6.45, 7) is 6.09. The Hall–Kier alpha value is -2.40. The second-order valence-electron chi connectivity index (χ2n) is 9.14. The fraction of sp³-hybridized carbons (Fsp3) is 0.500. The molecule has 3 unspecified atom stereocenters. The molecule has 29 heavy (non-hydrogen) atoms. The number of aryl methyl sites for hydroxylation is 1. The largest absolute Gasteiger partial charge is 0.493 e. The van der Waals surface area contributed by atoms with E-state index < -0.39 is 0 Å². The number of epoxide rings is 1. The first-order chi connectivity index (χ1) is 14.1. The molecule has 6 rings (SSSR count). The van der Waals surface area contributed by atoms with E-state index in [0.29, 0.717) is 5.92 Å². The summed E-state index contributed by atoms with van der Waals surface area (Å²) in [5.74, 6) is 1.67. The molecule has 1 aromatic carbocycles. The maximum atomic E-state index is 6.35. The SMILES string of the molecule is CCC12CCC3(CO3)CC1CCOc1cc3c(cnn3-c3ccnc(C)c3)cc12. The van der Waals surface area contributed by atoms with Crippen LogP contribution in [0.3, 0.4) is 0 Å². The molecule has 2 aliphatic heterocycles. The summed E-state index contributed by atoms with van der Waals surface area (Å²) < 4.78 is 14.2. The lowest BCUT2D eigenvalue weighted by atomic mass is 9.58. The van der Waals surface area contributed by atoms with Gasteiger partial charge in [-0.2, -0.15) is 5.10 Å². The summed E-state index contributed by atoms with van der Waals surface area (Å²) in [6.07, 6.45) is 9.62. The molecule has 1 spiro atoms. The summed E-state index contributed by atoms with van der Waals surface area (Å²) in [6, 6.07) is 8.64. The van der Waals surface area contributed by atoms with Crippen molar-refractivity contribution in [3.8, 4) is 11.4 Å². The lowest BCUT2D eigenvalue weighted by Crippen LogP contribution is -2.42. The lowest BCUT2D eigenvalue weighted by Gasteiger charge is -2.45. The summed E-state index contributed by atoms with van der Waals surface area (Å²) in [5, 5.41) is 5.88. The van der Waals surface area contributed by atoms with Crippen molar-refractivity contribution in [2.75, 3.05) is 13.2 Å². The first-order valence-electron chi connectivity index (χ1n) is 10.8. The maximum absolute atomic E-state index is 6.35. The van der Waals surface area contributed by atoms with Gasteiger partial charge in [0.1, 0.15) is 5.75 Å². The van der Waals surface area contributed by atoms with E-state index in [1.165, 1.54) is 30.2 Å². The van der Waals surface area contributed by atoms with Crippen LogP contribution in [0.15, 0.2) is 36.7 Å². The zero-order valence-corrected chi connectivity index (χ0v) is 17.1. The smallest absolute Gasteiger partial charge is 0.125 e. The minimum absolute atomic E-state index is 0.183. The molecule has 150 valence electrons. The van der Waals surface area contributed by atoms with Crippen LogP contribution >= 0.6 is 0 Å². The van der Waals surface area contributed by atoms with E-state index in [0.717, 1.165) is 48.7 Å². The summed E-state index contributed by atoms with van der Waals surface area (Å²) >= 11 is 0. The minimum atomic E-state index is 0.183. The van der Waals surface area contributed by atoms with Crippen LogP contribution in [-0.2, 0) is 10.2 Å². The number of hydrogen-bond acceptors (Lipinski definition) is 4. The summed E-state index contributed by atoms with van der Waals surface area (Å²) in [4.78, 5) is 4.32. The van der Waals surface area contributed by atoms with Gasteiger partial charge in [-0.25, -0.2) is 4.68 Å².